The Bertz CT molecular complexity index is 488. The molecular weight excluding hydrogens is 355 g/mol. The minimum absolute atomic E-state index is 0. The molecule has 1 heterocycles. The molecule has 0 bridgehead atoms. The molecule has 23 heavy (non-hydrogen) atoms. The molecule has 1 saturated carbocycles. The van der Waals surface area contributed by atoms with Crippen LogP contribution in [0.25, 0.3) is 0 Å². The van der Waals surface area contributed by atoms with Gasteiger partial charge in [0, 0.05) is 43.7 Å². The van der Waals surface area contributed by atoms with E-state index >= 15 is 0 Å². The van der Waals surface area contributed by atoms with Crippen LogP contribution in [-0.4, -0.2) is 60.3 Å². The number of benzene rings is 1. The van der Waals surface area contributed by atoms with E-state index in [1.54, 1.807) is 0 Å². The quantitative estimate of drug-likeness (QED) is 0.865. The van der Waals surface area contributed by atoms with Gasteiger partial charge in [-0.2, -0.15) is 0 Å². The van der Waals surface area contributed by atoms with Crippen molar-refractivity contribution in [2.75, 3.05) is 39.8 Å². The summed E-state index contributed by atoms with van der Waals surface area (Å²) in [5.74, 6) is 0.174. The highest BCUT2D eigenvalue weighted by Gasteiger charge is 2.43. The summed E-state index contributed by atoms with van der Waals surface area (Å²) in [6, 6.07) is 8.04. The molecule has 132 valence electrons. The lowest BCUT2D eigenvalue weighted by Crippen LogP contribution is -2.51. The second kappa shape index (κ2) is 8.89. The van der Waals surface area contributed by atoms with E-state index in [1.807, 2.05) is 18.2 Å². The molecule has 1 aliphatic carbocycles. The van der Waals surface area contributed by atoms with Gasteiger partial charge in [-0.1, -0.05) is 23.7 Å². The maximum Gasteiger partial charge on any atom is 0.0728 e. The number of nitrogens with zero attached hydrogens (tertiary/aromatic N) is 2. The summed E-state index contributed by atoms with van der Waals surface area (Å²) in [6.07, 6.45) is 2.96. The van der Waals surface area contributed by atoms with Crippen LogP contribution in [0.5, 0.6) is 0 Å². The van der Waals surface area contributed by atoms with E-state index in [0.717, 1.165) is 57.0 Å². The highest BCUT2D eigenvalue weighted by molar-refractivity contribution is 6.30. The first-order valence-corrected chi connectivity index (χ1v) is 8.33. The zero-order chi connectivity index (χ0) is 14.9. The molecule has 6 heteroatoms. The summed E-state index contributed by atoms with van der Waals surface area (Å²) in [5, 5.41) is 11.7. The average Bonchev–Trinajstić information content (AvgIpc) is 2.44. The Balaban J connectivity index is 0.00000132. The Morgan fingerprint density at radius 1 is 1.17 bits per heavy atom. The predicted octanol–water partition coefficient (Wildman–Crippen LogP) is 3.43. The molecule has 0 radical (unpaired) electrons. The van der Waals surface area contributed by atoms with Crippen LogP contribution in [0.1, 0.15) is 30.7 Å². The fourth-order valence-electron chi connectivity index (χ4n) is 3.49. The van der Waals surface area contributed by atoms with Gasteiger partial charge in [0.2, 0.25) is 0 Å². The van der Waals surface area contributed by atoms with E-state index < -0.39 is 5.60 Å². The van der Waals surface area contributed by atoms with Crippen LogP contribution < -0.4 is 0 Å². The molecule has 2 aliphatic rings. The third-order valence-electron chi connectivity index (χ3n) is 5.16. The fraction of sp³-hybridized carbons (Fsp3) is 0.647. The summed E-state index contributed by atoms with van der Waals surface area (Å²) < 4.78 is 0. The van der Waals surface area contributed by atoms with Gasteiger partial charge in [-0.3, -0.25) is 0 Å². The van der Waals surface area contributed by atoms with Crippen molar-refractivity contribution < 1.29 is 5.11 Å². The first-order chi connectivity index (χ1) is 10.1. The van der Waals surface area contributed by atoms with Crippen molar-refractivity contribution >= 4 is 36.4 Å². The van der Waals surface area contributed by atoms with Gasteiger partial charge < -0.3 is 14.9 Å². The number of piperazine rings is 1. The highest BCUT2D eigenvalue weighted by atomic mass is 35.5. The van der Waals surface area contributed by atoms with Crippen LogP contribution in [0.4, 0.5) is 0 Å². The molecule has 3 nitrogen and oxygen atoms in total. The van der Waals surface area contributed by atoms with Gasteiger partial charge in [-0.25, -0.2) is 0 Å². The lowest BCUT2D eigenvalue weighted by Gasteiger charge is -2.46. The molecule has 1 atom stereocenters. The molecule has 1 N–H and O–H groups in total. The minimum Gasteiger partial charge on any atom is -0.389 e. The van der Waals surface area contributed by atoms with Gasteiger partial charge in [0.15, 0.2) is 0 Å². The monoisotopic (exact) mass is 380 g/mol. The molecule has 0 aromatic heterocycles. The van der Waals surface area contributed by atoms with E-state index in [4.69, 9.17) is 11.6 Å². The topological polar surface area (TPSA) is 26.7 Å². The molecular formula is C17H27Cl3N2O. The zero-order valence-electron chi connectivity index (χ0n) is 13.6. The van der Waals surface area contributed by atoms with Crippen molar-refractivity contribution in [1.82, 2.24) is 9.80 Å². The Morgan fingerprint density at radius 2 is 1.83 bits per heavy atom. The Kier molecular flexibility index (Phi) is 8.12. The van der Waals surface area contributed by atoms with Crippen LogP contribution in [0, 0.1) is 0 Å². The zero-order valence-corrected chi connectivity index (χ0v) is 16.0. The molecule has 1 unspecified atom stereocenters. The standard InChI is InChI=1S/C17H25ClN2O.2ClH/c1-19-8-10-20(11-9-19)13-16(17(21)6-3-7-17)14-4-2-5-15(18)12-14;;/h2,4-5,12,16,21H,3,6-11,13H2,1H3;2*1H. The molecule has 1 aromatic carbocycles. The molecule has 1 aliphatic heterocycles. The maximum absolute atomic E-state index is 10.9. The fourth-order valence-corrected chi connectivity index (χ4v) is 3.68. The summed E-state index contributed by atoms with van der Waals surface area (Å²) in [6.45, 7) is 5.33. The normalized spacial score (nSPS) is 22.4. The Morgan fingerprint density at radius 3 is 2.35 bits per heavy atom. The highest BCUT2D eigenvalue weighted by Crippen LogP contribution is 2.44. The second-order valence-electron chi connectivity index (χ2n) is 6.67. The number of rotatable bonds is 4. The van der Waals surface area contributed by atoms with E-state index in [-0.39, 0.29) is 30.7 Å². The summed E-state index contributed by atoms with van der Waals surface area (Å²) in [4.78, 5) is 4.85. The molecule has 0 spiro atoms. The number of hydrogen-bond acceptors (Lipinski definition) is 3. The summed E-state index contributed by atoms with van der Waals surface area (Å²) in [7, 11) is 2.17. The van der Waals surface area contributed by atoms with Gasteiger partial charge in [-0.05, 0) is 44.0 Å². The molecule has 1 aromatic rings. The van der Waals surface area contributed by atoms with Crippen LogP contribution >= 0.6 is 36.4 Å². The number of likely N-dealkylation sites (N-methyl/N-ethyl adjacent to an activating group) is 1. The van der Waals surface area contributed by atoms with Crippen molar-refractivity contribution in [3.8, 4) is 0 Å². The summed E-state index contributed by atoms with van der Waals surface area (Å²) in [5.41, 5.74) is 0.650. The number of hydrogen-bond donors (Lipinski definition) is 1. The first kappa shape index (κ1) is 21.0. The number of aliphatic hydroxyl groups is 1. The van der Waals surface area contributed by atoms with Gasteiger partial charge in [0.25, 0.3) is 0 Å². The molecule has 3 rings (SSSR count). The third kappa shape index (κ3) is 4.97. The molecule has 0 amide bonds. The smallest absolute Gasteiger partial charge is 0.0728 e. The van der Waals surface area contributed by atoms with Crippen LogP contribution in [-0.2, 0) is 0 Å². The van der Waals surface area contributed by atoms with Gasteiger partial charge >= 0.3 is 0 Å². The lowest BCUT2D eigenvalue weighted by atomic mass is 9.68. The Labute approximate surface area is 156 Å². The number of halogens is 3. The average molecular weight is 382 g/mol. The lowest BCUT2D eigenvalue weighted by molar-refractivity contribution is -0.0665. The van der Waals surface area contributed by atoms with Crippen molar-refractivity contribution in [3.05, 3.63) is 34.9 Å². The van der Waals surface area contributed by atoms with E-state index in [0.29, 0.717) is 0 Å². The van der Waals surface area contributed by atoms with Crippen molar-refractivity contribution in [1.29, 1.82) is 0 Å². The third-order valence-corrected chi connectivity index (χ3v) is 5.39. The Hall–Kier alpha value is -0.0300. The van der Waals surface area contributed by atoms with Crippen molar-refractivity contribution in [2.45, 2.75) is 30.8 Å². The van der Waals surface area contributed by atoms with Crippen molar-refractivity contribution in [2.24, 2.45) is 0 Å². The molecule has 2 fully saturated rings. The van der Waals surface area contributed by atoms with E-state index in [2.05, 4.69) is 22.9 Å². The molecule has 1 saturated heterocycles. The summed E-state index contributed by atoms with van der Waals surface area (Å²) >= 11 is 6.16. The van der Waals surface area contributed by atoms with Crippen LogP contribution in [0.2, 0.25) is 5.02 Å². The maximum atomic E-state index is 10.9. The van der Waals surface area contributed by atoms with E-state index in [9.17, 15) is 5.11 Å². The first-order valence-electron chi connectivity index (χ1n) is 7.96. The minimum atomic E-state index is -0.534. The van der Waals surface area contributed by atoms with Gasteiger partial charge in [-0.15, -0.1) is 24.8 Å². The van der Waals surface area contributed by atoms with Crippen LogP contribution in [0.3, 0.4) is 0 Å². The van der Waals surface area contributed by atoms with Crippen molar-refractivity contribution in [3.63, 3.8) is 0 Å². The van der Waals surface area contributed by atoms with E-state index in [1.165, 1.54) is 5.56 Å². The predicted molar refractivity (Wildman–Crippen MR) is 101 cm³/mol. The largest absolute Gasteiger partial charge is 0.389 e. The van der Waals surface area contributed by atoms with Gasteiger partial charge in [0.05, 0.1) is 5.60 Å². The second-order valence-corrected chi connectivity index (χ2v) is 7.11. The van der Waals surface area contributed by atoms with Gasteiger partial charge in [0.1, 0.15) is 0 Å². The van der Waals surface area contributed by atoms with Crippen LogP contribution in [0.15, 0.2) is 24.3 Å². The SMILES string of the molecule is CN1CCN(CC(c2cccc(Cl)c2)C2(O)CCC2)CC1.Cl.Cl.